The zero-order valence-electron chi connectivity index (χ0n) is 18.0. The number of carboxylic acids is 1. The molecule has 1 aromatic carbocycles. The third-order valence-electron chi connectivity index (χ3n) is 4.80. The van der Waals surface area contributed by atoms with Gasteiger partial charge in [0.25, 0.3) is 0 Å². The van der Waals surface area contributed by atoms with E-state index in [1.165, 1.54) is 19.4 Å². The lowest BCUT2D eigenvalue weighted by Gasteiger charge is -2.23. The quantitative estimate of drug-likeness (QED) is 0.190. The second-order valence-electron chi connectivity index (χ2n) is 7.45. The highest BCUT2D eigenvalue weighted by Crippen LogP contribution is 2.04. The second kappa shape index (κ2) is 12.3. The van der Waals surface area contributed by atoms with Crippen molar-refractivity contribution < 1.29 is 29.4 Å². The van der Waals surface area contributed by atoms with Gasteiger partial charge in [-0.1, -0.05) is 30.3 Å². The van der Waals surface area contributed by atoms with E-state index in [2.05, 4.69) is 25.9 Å². The number of imidazole rings is 1. The molecular formula is C21H28N6O6. The maximum atomic E-state index is 12.8. The van der Waals surface area contributed by atoms with E-state index in [0.717, 1.165) is 5.56 Å². The fourth-order valence-corrected chi connectivity index (χ4v) is 2.93. The molecule has 0 aliphatic carbocycles. The number of aromatic amines is 1. The summed E-state index contributed by atoms with van der Waals surface area (Å²) in [5.74, 6) is -3.46. The Balaban J connectivity index is 2.04. The summed E-state index contributed by atoms with van der Waals surface area (Å²) in [6.45, 7) is 0.541. The van der Waals surface area contributed by atoms with Crippen molar-refractivity contribution in [3.63, 3.8) is 0 Å². The minimum absolute atomic E-state index is 0.0539. The number of benzene rings is 1. The van der Waals surface area contributed by atoms with Crippen LogP contribution in [0.4, 0.5) is 0 Å². The average molecular weight is 460 g/mol. The molecule has 33 heavy (non-hydrogen) atoms. The van der Waals surface area contributed by atoms with Gasteiger partial charge in [-0.2, -0.15) is 0 Å². The van der Waals surface area contributed by atoms with Crippen molar-refractivity contribution in [2.45, 2.75) is 43.9 Å². The number of rotatable bonds is 12. The number of carbonyl (C=O) groups is 4. The van der Waals surface area contributed by atoms with Gasteiger partial charge in [0, 0.05) is 18.3 Å². The number of amides is 3. The third-order valence-corrected chi connectivity index (χ3v) is 4.80. The number of nitrogens with two attached hydrogens (primary N) is 1. The molecule has 4 atom stereocenters. The summed E-state index contributed by atoms with van der Waals surface area (Å²) < 4.78 is 0. The van der Waals surface area contributed by atoms with Crippen LogP contribution in [-0.2, 0) is 32.0 Å². The van der Waals surface area contributed by atoms with Crippen LogP contribution in [0.2, 0.25) is 0 Å². The molecule has 0 aliphatic heterocycles. The van der Waals surface area contributed by atoms with Crippen molar-refractivity contribution in [1.29, 1.82) is 0 Å². The van der Waals surface area contributed by atoms with Gasteiger partial charge in [-0.3, -0.25) is 14.4 Å². The number of hydrogen-bond donors (Lipinski definition) is 7. The fourth-order valence-electron chi connectivity index (χ4n) is 2.93. The Morgan fingerprint density at radius 2 is 1.67 bits per heavy atom. The van der Waals surface area contributed by atoms with Crippen LogP contribution >= 0.6 is 0 Å². The van der Waals surface area contributed by atoms with Crippen LogP contribution in [0.3, 0.4) is 0 Å². The maximum absolute atomic E-state index is 12.8. The number of H-pyrrole nitrogens is 1. The van der Waals surface area contributed by atoms with Gasteiger partial charge in [0.15, 0.2) is 0 Å². The molecule has 0 aliphatic rings. The predicted molar refractivity (Wildman–Crippen MR) is 117 cm³/mol. The molecule has 1 aromatic heterocycles. The molecule has 8 N–H and O–H groups in total. The normalized spacial score (nSPS) is 14.4. The summed E-state index contributed by atoms with van der Waals surface area (Å²) in [6, 6.07) is 4.53. The van der Waals surface area contributed by atoms with Crippen LogP contribution in [0.1, 0.15) is 18.2 Å². The Labute approximate surface area is 190 Å². The van der Waals surface area contributed by atoms with E-state index in [1.54, 1.807) is 0 Å². The molecule has 0 bridgehead atoms. The van der Waals surface area contributed by atoms with Crippen LogP contribution < -0.4 is 21.7 Å². The molecule has 12 nitrogen and oxygen atoms in total. The number of nitrogens with zero attached hydrogens (tertiary/aromatic N) is 1. The van der Waals surface area contributed by atoms with Crippen molar-refractivity contribution in [2.75, 3.05) is 6.61 Å². The molecule has 0 fully saturated rings. The van der Waals surface area contributed by atoms with E-state index in [0.29, 0.717) is 5.69 Å². The van der Waals surface area contributed by atoms with E-state index >= 15 is 0 Å². The molecular weight excluding hydrogens is 432 g/mol. The van der Waals surface area contributed by atoms with Gasteiger partial charge in [-0.25, -0.2) is 9.78 Å². The van der Waals surface area contributed by atoms with Gasteiger partial charge in [0.1, 0.15) is 18.1 Å². The molecule has 1 heterocycles. The Bertz CT molecular complexity index is 936. The molecule has 0 saturated carbocycles. The van der Waals surface area contributed by atoms with Crippen molar-refractivity contribution in [2.24, 2.45) is 5.73 Å². The van der Waals surface area contributed by atoms with Gasteiger partial charge in [-0.15, -0.1) is 0 Å². The summed E-state index contributed by atoms with van der Waals surface area (Å²) in [7, 11) is 0. The highest BCUT2D eigenvalue weighted by molar-refractivity contribution is 5.94. The van der Waals surface area contributed by atoms with Crippen LogP contribution in [0, 0.1) is 0 Å². The van der Waals surface area contributed by atoms with Crippen LogP contribution in [0.25, 0.3) is 0 Å². The maximum Gasteiger partial charge on any atom is 0.328 e. The minimum atomic E-state index is -1.51. The van der Waals surface area contributed by atoms with E-state index in [4.69, 9.17) is 15.9 Å². The smallest absolute Gasteiger partial charge is 0.328 e. The fraction of sp³-hybridized carbons (Fsp3) is 0.381. The predicted octanol–water partition coefficient (Wildman–Crippen LogP) is -1.93. The first-order valence-corrected chi connectivity index (χ1v) is 10.2. The van der Waals surface area contributed by atoms with Crippen molar-refractivity contribution >= 4 is 23.7 Å². The second-order valence-corrected chi connectivity index (χ2v) is 7.45. The molecule has 178 valence electrons. The first kappa shape index (κ1) is 25.5. The molecule has 4 unspecified atom stereocenters. The Hall–Kier alpha value is -3.77. The number of carboxylic acid groups (broad SMARTS) is 1. The number of aromatic nitrogens is 2. The van der Waals surface area contributed by atoms with Crippen molar-refractivity contribution in [3.05, 3.63) is 54.1 Å². The number of aliphatic hydroxyl groups is 1. The number of aliphatic carboxylic acids is 1. The molecule has 12 heteroatoms. The number of nitrogens with one attached hydrogen (secondary N) is 4. The highest BCUT2D eigenvalue weighted by Gasteiger charge is 2.28. The van der Waals surface area contributed by atoms with E-state index in [1.807, 2.05) is 30.3 Å². The Morgan fingerprint density at radius 1 is 1.00 bits per heavy atom. The number of aliphatic hydroxyl groups excluding tert-OH is 1. The summed E-state index contributed by atoms with van der Waals surface area (Å²) >= 11 is 0. The van der Waals surface area contributed by atoms with E-state index < -0.39 is 54.5 Å². The van der Waals surface area contributed by atoms with Gasteiger partial charge in [0.05, 0.1) is 19.0 Å². The third kappa shape index (κ3) is 8.01. The zero-order valence-corrected chi connectivity index (χ0v) is 18.0. The molecule has 3 amide bonds. The minimum Gasteiger partial charge on any atom is -0.480 e. The molecule has 0 radical (unpaired) electrons. The lowest BCUT2D eigenvalue weighted by molar-refractivity contribution is -0.143. The monoisotopic (exact) mass is 460 g/mol. The summed E-state index contributed by atoms with van der Waals surface area (Å²) in [4.78, 5) is 55.4. The zero-order chi connectivity index (χ0) is 24.4. The van der Waals surface area contributed by atoms with Gasteiger partial charge < -0.3 is 36.9 Å². The summed E-state index contributed by atoms with van der Waals surface area (Å²) in [5, 5.41) is 25.1. The first-order chi connectivity index (χ1) is 15.7. The Kier molecular flexibility index (Phi) is 9.51. The van der Waals surface area contributed by atoms with Gasteiger partial charge in [-0.05, 0) is 18.9 Å². The highest BCUT2D eigenvalue weighted by atomic mass is 16.4. The van der Waals surface area contributed by atoms with Gasteiger partial charge >= 0.3 is 5.97 Å². The number of hydrogen-bond acceptors (Lipinski definition) is 7. The van der Waals surface area contributed by atoms with Gasteiger partial charge in [0.2, 0.25) is 17.7 Å². The topological polar surface area (TPSA) is 200 Å². The number of carbonyl (C=O) groups excluding carboxylic acids is 3. The summed E-state index contributed by atoms with van der Waals surface area (Å²) in [5.41, 5.74) is 7.44. The van der Waals surface area contributed by atoms with Crippen molar-refractivity contribution in [1.82, 2.24) is 25.9 Å². The molecule has 2 rings (SSSR count). The van der Waals surface area contributed by atoms with Crippen molar-refractivity contribution in [3.8, 4) is 0 Å². The largest absolute Gasteiger partial charge is 0.480 e. The lowest BCUT2D eigenvalue weighted by Crippen LogP contribution is -2.57. The Morgan fingerprint density at radius 3 is 2.24 bits per heavy atom. The standard InChI is InChI=1S/C21H28N6O6/c1-12(18(29)27-17(10-28)21(32)33)25-20(31)16(8-14-9-23-11-24-14)26-19(30)15(22)7-13-5-3-2-4-6-13/h2-6,9,11-12,15-17,28H,7-8,10,22H2,1H3,(H,23,24)(H,25,31)(H,26,30)(H,27,29)(H,32,33). The van der Waals surface area contributed by atoms with Crippen LogP contribution in [0.5, 0.6) is 0 Å². The average Bonchev–Trinajstić information content (AvgIpc) is 3.30. The van der Waals surface area contributed by atoms with Crippen LogP contribution in [0.15, 0.2) is 42.9 Å². The van der Waals surface area contributed by atoms with E-state index in [9.17, 15) is 19.2 Å². The summed E-state index contributed by atoms with van der Waals surface area (Å²) in [6.07, 6.45) is 3.23. The SMILES string of the molecule is CC(NC(=O)C(Cc1cnc[nH]1)NC(=O)C(N)Cc1ccccc1)C(=O)NC(CO)C(=O)O. The van der Waals surface area contributed by atoms with Crippen LogP contribution in [-0.4, -0.2) is 74.6 Å². The molecule has 0 spiro atoms. The first-order valence-electron chi connectivity index (χ1n) is 10.2. The molecule has 0 saturated heterocycles. The lowest BCUT2D eigenvalue weighted by atomic mass is 10.0. The van der Waals surface area contributed by atoms with E-state index in [-0.39, 0.29) is 12.8 Å². The molecule has 2 aromatic rings.